The molecule has 1 aromatic heterocycles. The maximum Gasteiger partial charge on any atom is 0.350 e. The third kappa shape index (κ3) is 4.17. The molecule has 1 heterocycles. The summed E-state index contributed by atoms with van der Waals surface area (Å²) >= 11 is 1.26. The molecule has 6 nitrogen and oxygen atoms in total. The van der Waals surface area contributed by atoms with Gasteiger partial charge in [-0.15, -0.1) is 11.3 Å². The van der Waals surface area contributed by atoms with Gasteiger partial charge in [0.05, 0.1) is 27.0 Å². The summed E-state index contributed by atoms with van der Waals surface area (Å²) in [7, 11) is 4.65. The monoisotopic (exact) mass is 365 g/mol. The summed E-state index contributed by atoms with van der Waals surface area (Å²) in [6.07, 6.45) is 0. The number of hydrogen-bond acceptors (Lipinski definition) is 7. The van der Waals surface area contributed by atoms with Crippen LogP contribution in [0.3, 0.4) is 0 Å². The van der Waals surface area contributed by atoms with E-state index in [4.69, 9.17) is 24.7 Å². The summed E-state index contributed by atoms with van der Waals surface area (Å²) in [6, 6.07) is 5.36. The maximum absolute atomic E-state index is 12.3. The Morgan fingerprint density at radius 1 is 1.00 bits per heavy atom. The van der Waals surface area contributed by atoms with Crippen LogP contribution >= 0.6 is 11.3 Å². The Labute approximate surface area is 151 Å². The van der Waals surface area contributed by atoms with Gasteiger partial charge in [0, 0.05) is 4.88 Å². The van der Waals surface area contributed by atoms with Crippen molar-refractivity contribution in [3.05, 3.63) is 23.1 Å². The minimum Gasteiger partial charge on any atom is -0.493 e. The lowest BCUT2D eigenvalue weighted by molar-refractivity contribution is 0.00764. The van der Waals surface area contributed by atoms with Crippen LogP contribution in [-0.2, 0) is 4.74 Å². The Bertz CT molecular complexity index is 751. The fourth-order valence-corrected chi connectivity index (χ4v) is 3.20. The number of nitrogens with two attached hydrogens (primary N) is 1. The normalized spacial score (nSPS) is 11.1. The standard InChI is InChI=1S/C18H23NO5S/c1-18(2,3)24-17(20)16-11(19)9-14(25-16)10-7-12(21-4)15(23-6)13(8-10)22-5/h7-9H,19H2,1-6H3. The first kappa shape index (κ1) is 18.9. The quantitative estimate of drug-likeness (QED) is 0.808. The van der Waals surface area contributed by atoms with Gasteiger partial charge in [-0.3, -0.25) is 0 Å². The average Bonchev–Trinajstić information content (AvgIpc) is 2.93. The number of hydrogen-bond donors (Lipinski definition) is 1. The number of anilines is 1. The van der Waals surface area contributed by atoms with Crippen molar-refractivity contribution >= 4 is 23.0 Å². The molecule has 2 N–H and O–H groups in total. The molecular formula is C18H23NO5S. The number of rotatable bonds is 5. The largest absolute Gasteiger partial charge is 0.493 e. The minimum atomic E-state index is -0.583. The molecule has 0 spiro atoms. The molecule has 0 aliphatic rings. The molecule has 0 fully saturated rings. The highest BCUT2D eigenvalue weighted by atomic mass is 32.1. The molecular weight excluding hydrogens is 342 g/mol. The van der Waals surface area contributed by atoms with Gasteiger partial charge in [-0.2, -0.15) is 0 Å². The van der Waals surface area contributed by atoms with Crippen LogP contribution in [0.1, 0.15) is 30.4 Å². The predicted octanol–water partition coefficient (Wildman–Crippen LogP) is 3.98. The Kier molecular flexibility index (Phi) is 5.47. The molecule has 25 heavy (non-hydrogen) atoms. The van der Waals surface area contributed by atoms with Crippen molar-refractivity contribution in [1.29, 1.82) is 0 Å². The molecule has 0 bridgehead atoms. The molecule has 0 unspecified atom stereocenters. The number of benzene rings is 1. The zero-order valence-electron chi connectivity index (χ0n) is 15.3. The fourth-order valence-electron chi connectivity index (χ4n) is 2.25. The zero-order chi connectivity index (χ0) is 18.8. The molecule has 1 aromatic carbocycles. The number of ether oxygens (including phenoxy) is 4. The Morgan fingerprint density at radius 2 is 1.56 bits per heavy atom. The van der Waals surface area contributed by atoms with Crippen LogP contribution in [-0.4, -0.2) is 32.9 Å². The third-order valence-electron chi connectivity index (χ3n) is 3.29. The van der Waals surface area contributed by atoms with E-state index in [-0.39, 0.29) is 0 Å². The Morgan fingerprint density at radius 3 is 2.00 bits per heavy atom. The van der Waals surface area contributed by atoms with Gasteiger partial charge in [0.1, 0.15) is 10.5 Å². The van der Waals surface area contributed by atoms with Gasteiger partial charge < -0.3 is 24.7 Å². The topological polar surface area (TPSA) is 80.0 Å². The first-order valence-electron chi connectivity index (χ1n) is 7.63. The van der Waals surface area contributed by atoms with Crippen LogP contribution in [0.4, 0.5) is 5.69 Å². The fraction of sp³-hybridized carbons (Fsp3) is 0.389. The molecule has 0 amide bonds. The molecule has 0 atom stereocenters. The Hall–Kier alpha value is -2.41. The van der Waals surface area contributed by atoms with Gasteiger partial charge in [0.2, 0.25) is 5.75 Å². The lowest BCUT2D eigenvalue weighted by Crippen LogP contribution is -2.23. The van der Waals surface area contributed by atoms with E-state index < -0.39 is 11.6 Å². The Balaban J connectivity index is 2.47. The van der Waals surface area contributed by atoms with E-state index in [1.54, 1.807) is 27.4 Å². The highest BCUT2D eigenvalue weighted by molar-refractivity contribution is 7.18. The second kappa shape index (κ2) is 7.23. The summed E-state index contributed by atoms with van der Waals surface area (Å²) in [4.78, 5) is 13.5. The van der Waals surface area contributed by atoms with Crippen molar-refractivity contribution in [3.63, 3.8) is 0 Å². The van der Waals surface area contributed by atoms with Crippen molar-refractivity contribution in [2.24, 2.45) is 0 Å². The maximum atomic E-state index is 12.3. The molecule has 0 saturated heterocycles. The number of carbonyl (C=O) groups is 1. The molecule has 0 aliphatic heterocycles. The van der Waals surface area contributed by atoms with E-state index in [2.05, 4.69) is 0 Å². The number of thiophene rings is 1. The first-order valence-corrected chi connectivity index (χ1v) is 8.44. The second-order valence-corrected chi connectivity index (χ2v) is 7.36. The summed E-state index contributed by atoms with van der Waals surface area (Å²) in [5, 5.41) is 0. The van der Waals surface area contributed by atoms with Crippen LogP contribution in [0.25, 0.3) is 10.4 Å². The van der Waals surface area contributed by atoms with Gasteiger partial charge in [-0.25, -0.2) is 4.79 Å². The number of esters is 1. The van der Waals surface area contributed by atoms with Crippen molar-refractivity contribution < 1.29 is 23.7 Å². The van der Waals surface area contributed by atoms with E-state index in [0.717, 1.165) is 10.4 Å². The van der Waals surface area contributed by atoms with E-state index >= 15 is 0 Å². The summed E-state index contributed by atoms with van der Waals surface area (Å²) in [6.45, 7) is 5.44. The molecule has 0 radical (unpaired) electrons. The summed E-state index contributed by atoms with van der Waals surface area (Å²) in [5.41, 5.74) is 6.62. The first-order chi connectivity index (χ1) is 11.7. The predicted molar refractivity (Wildman–Crippen MR) is 99.0 cm³/mol. The zero-order valence-corrected chi connectivity index (χ0v) is 16.1. The van der Waals surface area contributed by atoms with Crippen LogP contribution in [0.5, 0.6) is 17.2 Å². The van der Waals surface area contributed by atoms with Crippen molar-refractivity contribution in [2.75, 3.05) is 27.1 Å². The minimum absolute atomic E-state index is 0.374. The van der Waals surface area contributed by atoms with E-state index in [0.29, 0.717) is 27.8 Å². The van der Waals surface area contributed by atoms with Crippen molar-refractivity contribution in [1.82, 2.24) is 0 Å². The highest BCUT2D eigenvalue weighted by Crippen LogP contribution is 2.43. The van der Waals surface area contributed by atoms with Gasteiger partial charge in [-0.1, -0.05) is 0 Å². The molecule has 136 valence electrons. The lowest BCUT2D eigenvalue weighted by atomic mass is 10.1. The van der Waals surface area contributed by atoms with Crippen molar-refractivity contribution in [2.45, 2.75) is 26.4 Å². The van der Waals surface area contributed by atoms with Crippen LogP contribution in [0.15, 0.2) is 18.2 Å². The molecule has 2 rings (SSSR count). The number of methoxy groups -OCH3 is 3. The summed E-state index contributed by atoms with van der Waals surface area (Å²) < 4.78 is 21.5. The van der Waals surface area contributed by atoms with E-state index in [1.165, 1.54) is 11.3 Å². The summed E-state index contributed by atoms with van der Waals surface area (Å²) in [5.74, 6) is 1.13. The van der Waals surface area contributed by atoms with E-state index in [1.807, 2.05) is 32.9 Å². The SMILES string of the molecule is COc1cc(-c2cc(N)c(C(=O)OC(C)(C)C)s2)cc(OC)c1OC. The number of carbonyl (C=O) groups excluding carboxylic acids is 1. The van der Waals surface area contributed by atoms with Gasteiger partial charge in [-0.05, 0) is 44.5 Å². The number of nitrogen functional groups attached to an aromatic ring is 1. The van der Waals surface area contributed by atoms with Gasteiger partial charge >= 0.3 is 5.97 Å². The molecule has 0 aliphatic carbocycles. The molecule has 7 heteroatoms. The van der Waals surface area contributed by atoms with Gasteiger partial charge in [0.15, 0.2) is 11.5 Å². The average molecular weight is 365 g/mol. The second-order valence-electron chi connectivity index (χ2n) is 6.31. The molecule has 0 saturated carbocycles. The van der Waals surface area contributed by atoms with Gasteiger partial charge in [0.25, 0.3) is 0 Å². The smallest absolute Gasteiger partial charge is 0.350 e. The third-order valence-corrected chi connectivity index (χ3v) is 4.47. The van der Waals surface area contributed by atoms with E-state index in [9.17, 15) is 4.79 Å². The van der Waals surface area contributed by atoms with Crippen LogP contribution in [0, 0.1) is 0 Å². The lowest BCUT2D eigenvalue weighted by Gasteiger charge is -2.18. The van der Waals surface area contributed by atoms with Crippen LogP contribution < -0.4 is 19.9 Å². The molecule has 2 aromatic rings. The van der Waals surface area contributed by atoms with Crippen molar-refractivity contribution in [3.8, 4) is 27.7 Å². The van der Waals surface area contributed by atoms with Crippen LogP contribution in [0.2, 0.25) is 0 Å². The highest BCUT2D eigenvalue weighted by Gasteiger charge is 2.23.